The molecule has 2 saturated heterocycles. The molecule has 8 heteroatoms. The summed E-state index contributed by atoms with van der Waals surface area (Å²) < 4.78 is 16.3. The number of nitrogens with zero attached hydrogens (tertiary/aromatic N) is 2. The number of amides is 1. The first-order valence-corrected chi connectivity index (χ1v) is 12.5. The monoisotopic (exact) mass is 506 g/mol. The fraction of sp³-hybridized carbons (Fsp3) is 0.379. The number of aliphatic hydroxyl groups is 1. The smallest absolute Gasteiger partial charge is 0.295 e. The van der Waals surface area contributed by atoms with Crippen molar-refractivity contribution in [3.63, 3.8) is 0 Å². The lowest BCUT2D eigenvalue weighted by atomic mass is 9.94. The van der Waals surface area contributed by atoms with Crippen LogP contribution < -0.4 is 9.47 Å². The van der Waals surface area contributed by atoms with E-state index in [9.17, 15) is 14.7 Å². The van der Waals surface area contributed by atoms with Crippen LogP contribution in [0, 0.1) is 6.92 Å². The second-order valence-corrected chi connectivity index (χ2v) is 9.15. The molecule has 1 atom stereocenters. The van der Waals surface area contributed by atoms with E-state index >= 15 is 0 Å². The normalized spacial score (nSPS) is 19.7. The van der Waals surface area contributed by atoms with Crippen molar-refractivity contribution in [2.75, 3.05) is 53.1 Å². The molecule has 0 aromatic heterocycles. The van der Waals surface area contributed by atoms with Gasteiger partial charge in [0.15, 0.2) is 0 Å². The van der Waals surface area contributed by atoms with Crippen LogP contribution in [0.5, 0.6) is 11.5 Å². The van der Waals surface area contributed by atoms with Crippen molar-refractivity contribution in [1.82, 2.24) is 9.80 Å². The molecule has 1 N–H and O–H groups in total. The van der Waals surface area contributed by atoms with Gasteiger partial charge in [-0.15, -0.1) is 0 Å². The number of carbonyl (C=O) groups excluding carboxylic acids is 2. The van der Waals surface area contributed by atoms with Crippen LogP contribution in [0.3, 0.4) is 0 Å². The van der Waals surface area contributed by atoms with Gasteiger partial charge < -0.3 is 24.2 Å². The lowest BCUT2D eigenvalue weighted by Gasteiger charge is -2.29. The van der Waals surface area contributed by atoms with Gasteiger partial charge in [-0.05, 0) is 54.8 Å². The van der Waals surface area contributed by atoms with Gasteiger partial charge in [0.1, 0.15) is 23.9 Å². The molecule has 0 bridgehead atoms. The van der Waals surface area contributed by atoms with Crippen molar-refractivity contribution < 1.29 is 28.9 Å². The molecular weight excluding hydrogens is 472 g/mol. The number of Topliss-reactive ketones (excluding diaryl/α,β-unsaturated/α-hetero) is 1. The van der Waals surface area contributed by atoms with Gasteiger partial charge in [0, 0.05) is 31.7 Å². The average molecular weight is 507 g/mol. The van der Waals surface area contributed by atoms with E-state index in [0.717, 1.165) is 30.8 Å². The van der Waals surface area contributed by atoms with Gasteiger partial charge in [-0.1, -0.05) is 24.8 Å². The van der Waals surface area contributed by atoms with Crippen molar-refractivity contribution in [1.29, 1.82) is 0 Å². The molecule has 2 aliphatic heterocycles. The number of ketones is 1. The van der Waals surface area contributed by atoms with Crippen LogP contribution in [0.15, 0.2) is 60.7 Å². The number of aliphatic hydroxyl groups excluding tert-OH is 1. The average Bonchev–Trinajstić information content (AvgIpc) is 3.17. The highest BCUT2D eigenvalue weighted by molar-refractivity contribution is 6.46. The Labute approximate surface area is 217 Å². The van der Waals surface area contributed by atoms with E-state index in [1.807, 2.05) is 19.1 Å². The van der Waals surface area contributed by atoms with Gasteiger partial charge in [0.2, 0.25) is 0 Å². The largest absolute Gasteiger partial charge is 0.507 e. The highest BCUT2D eigenvalue weighted by Crippen LogP contribution is 2.40. The first-order valence-electron chi connectivity index (χ1n) is 12.5. The molecule has 37 heavy (non-hydrogen) atoms. The third-order valence-corrected chi connectivity index (χ3v) is 6.75. The summed E-state index contributed by atoms with van der Waals surface area (Å²) in [4.78, 5) is 30.4. The van der Waals surface area contributed by atoms with Gasteiger partial charge >= 0.3 is 0 Å². The zero-order valence-corrected chi connectivity index (χ0v) is 21.4. The van der Waals surface area contributed by atoms with Crippen LogP contribution in [0.4, 0.5) is 0 Å². The SMILES string of the molecule is C=CCOc1ccc(C(O)=C2C(=O)C(=O)N(CCCN3CCOCC3)[C@@H]2c2ccc(OC)cc2)cc1C. The summed E-state index contributed by atoms with van der Waals surface area (Å²) in [6.45, 7) is 10.2. The lowest BCUT2D eigenvalue weighted by Crippen LogP contribution is -2.38. The Morgan fingerprint density at radius 3 is 2.51 bits per heavy atom. The number of benzene rings is 2. The molecule has 0 unspecified atom stereocenters. The Balaban J connectivity index is 1.67. The Kier molecular flexibility index (Phi) is 8.63. The molecule has 0 spiro atoms. The number of methoxy groups -OCH3 is 1. The minimum Gasteiger partial charge on any atom is -0.507 e. The zero-order chi connectivity index (χ0) is 26.4. The molecule has 2 aromatic rings. The molecule has 1 amide bonds. The second-order valence-electron chi connectivity index (χ2n) is 9.15. The number of morpholine rings is 1. The van der Waals surface area contributed by atoms with E-state index in [1.165, 1.54) is 0 Å². The molecule has 8 nitrogen and oxygen atoms in total. The fourth-order valence-electron chi connectivity index (χ4n) is 4.80. The molecule has 0 radical (unpaired) electrons. The van der Waals surface area contributed by atoms with E-state index in [1.54, 1.807) is 48.4 Å². The number of ether oxygens (including phenoxy) is 3. The maximum atomic E-state index is 13.3. The van der Waals surface area contributed by atoms with Crippen molar-refractivity contribution in [2.24, 2.45) is 0 Å². The Morgan fingerprint density at radius 1 is 1.14 bits per heavy atom. The van der Waals surface area contributed by atoms with Crippen molar-refractivity contribution >= 4 is 17.4 Å². The van der Waals surface area contributed by atoms with Crippen LogP contribution in [-0.2, 0) is 14.3 Å². The standard InChI is InChI=1S/C29H34N2O6/c1-4-16-37-24-11-8-22(19-20(24)2)27(32)25-26(21-6-9-23(35-3)10-7-21)31(29(34)28(25)33)13-5-12-30-14-17-36-18-15-30/h4,6-11,19,26,32H,1,5,12-18H2,2-3H3/t26-/m1/s1. The molecule has 4 rings (SSSR count). The van der Waals surface area contributed by atoms with Crippen LogP contribution >= 0.6 is 0 Å². The summed E-state index contributed by atoms with van der Waals surface area (Å²) in [7, 11) is 1.58. The predicted octanol–water partition coefficient (Wildman–Crippen LogP) is 3.71. The topological polar surface area (TPSA) is 88.5 Å². The summed E-state index contributed by atoms with van der Waals surface area (Å²) >= 11 is 0. The molecule has 196 valence electrons. The zero-order valence-electron chi connectivity index (χ0n) is 21.4. The van der Waals surface area contributed by atoms with Crippen LogP contribution in [0.25, 0.3) is 5.76 Å². The Hall–Kier alpha value is -3.62. The summed E-state index contributed by atoms with van der Waals surface area (Å²) in [6, 6.07) is 11.7. The molecule has 2 aliphatic rings. The summed E-state index contributed by atoms with van der Waals surface area (Å²) in [5, 5.41) is 11.4. The molecule has 0 saturated carbocycles. The van der Waals surface area contributed by atoms with Gasteiger partial charge in [-0.3, -0.25) is 14.5 Å². The quantitative estimate of drug-likeness (QED) is 0.227. The maximum Gasteiger partial charge on any atom is 0.295 e. The van der Waals surface area contributed by atoms with Crippen LogP contribution in [0.1, 0.15) is 29.2 Å². The first-order chi connectivity index (χ1) is 17.9. The Bertz CT molecular complexity index is 1170. The summed E-state index contributed by atoms with van der Waals surface area (Å²) in [5.41, 5.74) is 2.07. The van der Waals surface area contributed by atoms with Crippen molar-refractivity contribution in [2.45, 2.75) is 19.4 Å². The molecule has 0 aliphatic carbocycles. The van der Waals surface area contributed by atoms with Gasteiger partial charge in [0.25, 0.3) is 11.7 Å². The van der Waals surface area contributed by atoms with E-state index in [-0.39, 0.29) is 11.3 Å². The maximum absolute atomic E-state index is 13.3. The number of aryl methyl sites for hydroxylation is 1. The Morgan fingerprint density at radius 2 is 1.86 bits per heavy atom. The minimum atomic E-state index is -0.701. The van der Waals surface area contributed by atoms with E-state index in [0.29, 0.717) is 49.8 Å². The van der Waals surface area contributed by atoms with Crippen LogP contribution in [-0.4, -0.2) is 79.7 Å². The number of carbonyl (C=O) groups is 2. The second kappa shape index (κ2) is 12.1. The third kappa shape index (κ3) is 5.87. The number of rotatable bonds is 10. The number of likely N-dealkylation sites (tertiary alicyclic amines) is 1. The van der Waals surface area contributed by atoms with Crippen molar-refractivity contribution in [3.8, 4) is 11.5 Å². The predicted molar refractivity (Wildman–Crippen MR) is 141 cm³/mol. The highest BCUT2D eigenvalue weighted by Gasteiger charge is 2.45. The highest BCUT2D eigenvalue weighted by atomic mass is 16.5. The van der Waals surface area contributed by atoms with Gasteiger partial charge in [-0.25, -0.2) is 0 Å². The van der Waals surface area contributed by atoms with Gasteiger partial charge in [0.05, 0.1) is 31.9 Å². The number of hydrogen-bond donors (Lipinski definition) is 1. The molecule has 2 aromatic carbocycles. The summed E-state index contributed by atoms with van der Waals surface area (Å²) in [5.74, 6) is -0.167. The van der Waals surface area contributed by atoms with E-state index in [2.05, 4.69) is 11.5 Å². The van der Waals surface area contributed by atoms with E-state index < -0.39 is 17.7 Å². The molecular formula is C29H34N2O6. The third-order valence-electron chi connectivity index (χ3n) is 6.75. The summed E-state index contributed by atoms with van der Waals surface area (Å²) in [6.07, 6.45) is 2.36. The minimum absolute atomic E-state index is 0.0840. The fourth-order valence-corrected chi connectivity index (χ4v) is 4.80. The molecule has 2 heterocycles. The lowest BCUT2D eigenvalue weighted by molar-refractivity contribution is -0.140. The van der Waals surface area contributed by atoms with Crippen molar-refractivity contribution in [3.05, 3.63) is 77.4 Å². The number of hydrogen-bond acceptors (Lipinski definition) is 7. The van der Waals surface area contributed by atoms with E-state index in [4.69, 9.17) is 14.2 Å². The molecule has 2 fully saturated rings. The first kappa shape index (κ1) is 26.4. The van der Waals surface area contributed by atoms with Gasteiger partial charge in [-0.2, -0.15) is 0 Å². The van der Waals surface area contributed by atoms with Crippen LogP contribution in [0.2, 0.25) is 0 Å².